The number of hydrogen-bond donors (Lipinski definition) is 1. The predicted octanol–water partition coefficient (Wildman–Crippen LogP) is 3.67. The van der Waals surface area contributed by atoms with Gasteiger partial charge < -0.3 is 5.32 Å². The number of fused-ring (bicyclic) bond motifs is 3. The second kappa shape index (κ2) is 9.18. The van der Waals surface area contributed by atoms with E-state index in [1.165, 1.54) is 16.4 Å². The number of nitriles is 1. The molecule has 12 heteroatoms. The van der Waals surface area contributed by atoms with Gasteiger partial charge in [-0.2, -0.15) is 5.26 Å². The Hall–Kier alpha value is -4.37. The summed E-state index contributed by atoms with van der Waals surface area (Å²) in [6.07, 6.45) is 8.80. The van der Waals surface area contributed by atoms with E-state index in [9.17, 15) is 8.42 Å². The Morgan fingerprint density at radius 1 is 1.05 bits per heavy atom. The van der Waals surface area contributed by atoms with Crippen LogP contribution < -0.4 is 5.32 Å². The largest absolute Gasteiger partial charge is 0.366 e. The summed E-state index contributed by atoms with van der Waals surface area (Å²) in [6, 6.07) is 10.6. The molecule has 4 aromatic heterocycles. The Kier molecular flexibility index (Phi) is 5.80. The van der Waals surface area contributed by atoms with Crippen LogP contribution in [0.15, 0.2) is 60.0 Å². The molecule has 0 amide bonds. The summed E-state index contributed by atoms with van der Waals surface area (Å²) in [6.45, 7) is 4.07. The van der Waals surface area contributed by atoms with Crippen molar-refractivity contribution in [3.63, 3.8) is 0 Å². The van der Waals surface area contributed by atoms with Crippen LogP contribution >= 0.6 is 0 Å². The number of aromatic nitrogens is 7. The zero-order valence-corrected chi connectivity index (χ0v) is 21.7. The van der Waals surface area contributed by atoms with Crippen LogP contribution in [0.1, 0.15) is 49.2 Å². The summed E-state index contributed by atoms with van der Waals surface area (Å²) in [5.74, 6) is 1.86. The van der Waals surface area contributed by atoms with Crippen LogP contribution in [-0.4, -0.2) is 48.0 Å². The predicted molar refractivity (Wildman–Crippen MR) is 140 cm³/mol. The van der Waals surface area contributed by atoms with E-state index in [-0.39, 0.29) is 22.5 Å². The van der Waals surface area contributed by atoms with Crippen LogP contribution in [0.3, 0.4) is 0 Å². The van der Waals surface area contributed by atoms with Gasteiger partial charge >= 0.3 is 0 Å². The second-order valence-corrected chi connectivity index (χ2v) is 11.4. The van der Waals surface area contributed by atoms with Crippen LogP contribution in [0.4, 0.5) is 5.82 Å². The summed E-state index contributed by atoms with van der Waals surface area (Å²) >= 11 is 0. The van der Waals surface area contributed by atoms with Gasteiger partial charge in [-0.05, 0) is 43.9 Å². The maximum Gasteiger partial charge on any atom is 0.269 e. The Balaban J connectivity index is 1.37. The molecule has 1 aliphatic carbocycles. The van der Waals surface area contributed by atoms with Crippen LogP contribution in [0.25, 0.3) is 16.8 Å². The van der Waals surface area contributed by atoms with E-state index in [2.05, 4.69) is 37.4 Å². The van der Waals surface area contributed by atoms with E-state index in [1.54, 1.807) is 42.7 Å². The fraction of sp³-hybridized carbons (Fsp3) is 0.308. The molecule has 4 heterocycles. The van der Waals surface area contributed by atoms with Gasteiger partial charge in [0, 0.05) is 18.2 Å². The van der Waals surface area contributed by atoms with Gasteiger partial charge in [0.15, 0.2) is 17.0 Å². The van der Waals surface area contributed by atoms with Crippen molar-refractivity contribution in [1.29, 1.82) is 5.26 Å². The lowest BCUT2D eigenvalue weighted by Crippen LogP contribution is -2.17. The van der Waals surface area contributed by atoms with E-state index in [4.69, 9.17) is 5.26 Å². The molecular weight excluding hydrogens is 502 g/mol. The van der Waals surface area contributed by atoms with Crippen molar-refractivity contribution in [1.82, 2.24) is 33.5 Å². The zero-order chi connectivity index (χ0) is 26.4. The smallest absolute Gasteiger partial charge is 0.269 e. The highest BCUT2D eigenvalue weighted by atomic mass is 32.2. The third kappa shape index (κ3) is 3.95. The second-order valence-electron chi connectivity index (χ2n) is 9.63. The molecule has 0 saturated heterocycles. The standard InChI is InChI=1S/C26H25N9O2S/c1-3-17-10-18(31-23-14-28-19(12-27)13-29-23)11-21(17)25-33-32-24-15-30-26-22(35(24)25)8-9-34(26)38(36,37)20-6-4-16(2)5-7-20/h4-9,13-15,17-18,21H,3,10-11H2,1-2H3,(H,29,31)/t17-,18+,21+/m1/s1. The van der Waals surface area contributed by atoms with Crippen LogP contribution in [0.5, 0.6) is 0 Å². The van der Waals surface area contributed by atoms with Crippen molar-refractivity contribution in [2.45, 2.75) is 50.0 Å². The van der Waals surface area contributed by atoms with E-state index >= 15 is 0 Å². The molecule has 1 saturated carbocycles. The first-order chi connectivity index (χ1) is 18.4. The minimum Gasteiger partial charge on any atom is -0.366 e. The van der Waals surface area contributed by atoms with Gasteiger partial charge in [-0.15, -0.1) is 10.2 Å². The molecule has 11 nitrogen and oxygen atoms in total. The van der Waals surface area contributed by atoms with Gasteiger partial charge in [0.2, 0.25) is 0 Å². The van der Waals surface area contributed by atoms with Gasteiger partial charge in [-0.1, -0.05) is 31.0 Å². The summed E-state index contributed by atoms with van der Waals surface area (Å²) in [5.41, 5.74) is 2.80. The van der Waals surface area contributed by atoms with Crippen molar-refractivity contribution < 1.29 is 8.42 Å². The number of benzene rings is 1. The highest BCUT2D eigenvalue weighted by molar-refractivity contribution is 7.90. The third-order valence-electron chi connectivity index (χ3n) is 7.31. The monoisotopic (exact) mass is 527 g/mol. The molecule has 1 N–H and O–H groups in total. The highest BCUT2D eigenvalue weighted by Gasteiger charge is 2.37. The number of hydrogen-bond acceptors (Lipinski definition) is 9. The average molecular weight is 528 g/mol. The van der Waals surface area contributed by atoms with E-state index in [0.29, 0.717) is 28.5 Å². The Labute approximate surface area is 219 Å². The minimum atomic E-state index is -3.83. The Morgan fingerprint density at radius 2 is 1.87 bits per heavy atom. The average Bonchev–Trinajstić information content (AvgIpc) is 3.65. The molecule has 1 aliphatic rings. The maximum atomic E-state index is 13.4. The molecule has 38 heavy (non-hydrogen) atoms. The third-order valence-corrected chi connectivity index (χ3v) is 8.99. The van der Waals surface area contributed by atoms with Crippen LogP contribution in [0.2, 0.25) is 0 Å². The Morgan fingerprint density at radius 3 is 2.58 bits per heavy atom. The lowest BCUT2D eigenvalue weighted by Gasteiger charge is -2.16. The van der Waals surface area contributed by atoms with Gasteiger partial charge in [0.05, 0.1) is 29.0 Å². The fourth-order valence-corrected chi connectivity index (χ4v) is 6.69. The first-order valence-electron chi connectivity index (χ1n) is 12.4. The Bertz CT molecular complexity index is 1790. The number of aryl methyl sites for hydroxylation is 1. The first-order valence-corrected chi connectivity index (χ1v) is 13.8. The van der Waals surface area contributed by atoms with Gasteiger partial charge in [-0.3, -0.25) is 4.40 Å². The number of nitrogens with zero attached hydrogens (tertiary/aromatic N) is 8. The van der Waals surface area contributed by atoms with E-state index in [1.807, 2.05) is 17.4 Å². The molecule has 0 aliphatic heterocycles. The van der Waals surface area contributed by atoms with Crippen LogP contribution in [-0.2, 0) is 10.0 Å². The molecule has 3 atom stereocenters. The quantitative estimate of drug-likeness (QED) is 0.350. The molecule has 0 spiro atoms. The lowest BCUT2D eigenvalue weighted by atomic mass is 9.93. The minimum absolute atomic E-state index is 0.0986. The van der Waals surface area contributed by atoms with Crippen molar-refractivity contribution >= 4 is 32.7 Å². The normalized spacial score (nSPS) is 19.7. The summed E-state index contributed by atoms with van der Waals surface area (Å²) in [7, 11) is -3.83. The van der Waals surface area contributed by atoms with Crippen molar-refractivity contribution in [3.8, 4) is 6.07 Å². The summed E-state index contributed by atoms with van der Waals surface area (Å²) < 4.78 is 30.0. The van der Waals surface area contributed by atoms with Gasteiger partial charge in [0.25, 0.3) is 10.0 Å². The molecule has 1 aromatic carbocycles. The lowest BCUT2D eigenvalue weighted by molar-refractivity contribution is 0.451. The first kappa shape index (κ1) is 24.0. The molecule has 0 bridgehead atoms. The topological polar surface area (TPSA) is 144 Å². The number of anilines is 1. The SMILES string of the molecule is CC[C@@H]1C[C@H](Nc2cnc(C#N)cn2)C[C@@H]1c1nnc2cnc3c(ccn3S(=O)(=O)c3ccc(C)cc3)n12. The number of rotatable bonds is 6. The molecular formula is C26H25N9O2S. The summed E-state index contributed by atoms with van der Waals surface area (Å²) in [5, 5.41) is 21.3. The molecule has 1 fully saturated rings. The van der Waals surface area contributed by atoms with Gasteiger partial charge in [-0.25, -0.2) is 27.3 Å². The van der Waals surface area contributed by atoms with Gasteiger partial charge in [0.1, 0.15) is 17.7 Å². The highest BCUT2D eigenvalue weighted by Crippen LogP contribution is 2.42. The molecule has 0 unspecified atom stereocenters. The van der Waals surface area contributed by atoms with Crippen molar-refractivity contribution in [2.75, 3.05) is 5.32 Å². The molecule has 192 valence electrons. The molecule has 6 rings (SSSR count). The summed E-state index contributed by atoms with van der Waals surface area (Å²) in [4.78, 5) is 13.1. The van der Waals surface area contributed by atoms with E-state index < -0.39 is 10.0 Å². The molecule has 5 aromatic rings. The maximum absolute atomic E-state index is 13.4. The van der Waals surface area contributed by atoms with Crippen LogP contribution in [0, 0.1) is 24.2 Å². The van der Waals surface area contributed by atoms with E-state index in [0.717, 1.165) is 30.7 Å². The zero-order valence-electron chi connectivity index (χ0n) is 20.9. The van der Waals surface area contributed by atoms with Crippen molar-refractivity contribution in [2.24, 2.45) is 5.92 Å². The fourth-order valence-electron chi connectivity index (χ4n) is 5.39. The molecule has 0 radical (unpaired) electrons. The van der Waals surface area contributed by atoms with Crippen molar-refractivity contribution in [3.05, 3.63) is 72.2 Å². The number of nitrogens with one attached hydrogen (secondary N) is 1.